The highest BCUT2D eigenvalue weighted by Gasteiger charge is 2.13. The molecule has 1 N–H and O–H groups in total. The van der Waals surface area contributed by atoms with Gasteiger partial charge in [-0.05, 0) is 12.1 Å². The Morgan fingerprint density at radius 1 is 1.24 bits per heavy atom. The zero-order valence-corrected chi connectivity index (χ0v) is 10.6. The van der Waals surface area contributed by atoms with Gasteiger partial charge in [0.1, 0.15) is 5.82 Å². The zero-order valence-electron chi connectivity index (χ0n) is 9.13. The lowest BCUT2D eigenvalue weighted by molar-refractivity contribution is 0.0804. The van der Waals surface area contributed by atoms with E-state index in [4.69, 9.17) is 23.2 Å². The Morgan fingerprint density at radius 3 is 2.35 bits per heavy atom. The van der Waals surface area contributed by atoms with Gasteiger partial charge in [-0.15, -0.1) is 23.2 Å². The normalized spacial score (nSPS) is 10.6. The molecule has 0 saturated carbocycles. The van der Waals surface area contributed by atoms with E-state index in [0.29, 0.717) is 24.8 Å². The van der Waals surface area contributed by atoms with Crippen LogP contribution in [0.25, 0.3) is 0 Å². The minimum Gasteiger partial charge on any atom is -0.285 e. The van der Waals surface area contributed by atoms with Gasteiger partial charge in [0.2, 0.25) is 0 Å². The molecule has 0 radical (unpaired) electrons. The van der Waals surface area contributed by atoms with Crippen LogP contribution in [0.1, 0.15) is 10.4 Å². The molecule has 0 atom stereocenters. The molecule has 0 saturated heterocycles. The Bertz CT molecular complexity index is 370. The van der Waals surface area contributed by atoms with Crippen molar-refractivity contribution in [1.82, 2.24) is 10.4 Å². The van der Waals surface area contributed by atoms with E-state index in [2.05, 4.69) is 5.43 Å². The lowest BCUT2D eigenvalue weighted by atomic mass is 10.2. The number of alkyl halides is 2. The maximum Gasteiger partial charge on any atom is 0.268 e. The van der Waals surface area contributed by atoms with Crippen LogP contribution in [0.15, 0.2) is 24.3 Å². The van der Waals surface area contributed by atoms with Crippen molar-refractivity contribution >= 4 is 29.1 Å². The van der Waals surface area contributed by atoms with Gasteiger partial charge in [0, 0.05) is 24.8 Å². The summed E-state index contributed by atoms with van der Waals surface area (Å²) in [5, 5.41) is 1.56. The number of hydrogen-bond acceptors (Lipinski definition) is 2. The number of rotatable bonds is 6. The molecule has 0 bridgehead atoms. The summed E-state index contributed by atoms with van der Waals surface area (Å²) in [5.41, 5.74) is 2.56. The summed E-state index contributed by atoms with van der Waals surface area (Å²) >= 11 is 11.2. The van der Waals surface area contributed by atoms with Gasteiger partial charge in [0.15, 0.2) is 0 Å². The third kappa shape index (κ3) is 4.50. The quantitative estimate of drug-likeness (QED) is 0.640. The molecule has 0 aliphatic carbocycles. The van der Waals surface area contributed by atoms with Crippen molar-refractivity contribution in [2.45, 2.75) is 0 Å². The van der Waals surface area contributed by atoms with Gasteiger partial charge in [-0.2, -0.15) is 0 Å². The number of amides is 1. The summed E-state index contributed by atoms with van der Waals surface area (Å²) in [6, 6.07) is 5.79. The topological polar surface area (TPSA) is 32.3 Å². The average molecular weight is 279 g/mol. The Morgan fingerprint density at radius 2 is 1.82 bits per heavy atom. The minimum absolute atomic E-state index is 0.00152. The van der Waals surface area contributed by atoms with Crippen LogP contribution < -0.4 is 5.43 Å². The van der Waals surface area contributed by atoms with Crippen LogP contribution in [0, 0.1) is 5.82 Å². The van der Waals surface area contributed by atoms with E-state index in [1.165, 1.54) is 18.2 Å². The van der Waals surface area contributed by atoms with Crippen molar-refractivity contribution in [1.29, 1.82) is 0 Å². The summed E-state index contributed by atoms with van der Waals surface area (Å²) in [4.78, 5) is 11.7. The van der Waals surface area contributed by atoms with Crippen LogP contribution >= 0.6 is 23.2 Å². The van der Waals surface area contributed by atoms with Crippen LogP contribution in [-0.2, 0) is 0 Å². The molecule has 17 heavy (non-hydrogen) atoms. The number of carbonyl (C=O) groups excluding carboxylic acids is 1. The number of nitrogens with one attached hydrogen (secondary N) is 1. The van der Waals surface area contributed by atoms with Crippen molar-refractivity contribution < 1.29 is 9.18 Å². The molecule has 0 fully saturated rings. The molecule has 0 aliphatic rings. The first-order valence-electron chi connectivity index (χ1n) is 5.11. The van der Waals surface area contributed by atoms with E-state index in [1.54, 1.807) is 11.1 Å². The predicted molar refractivity (Wildman–Crippen MR) is 66.9 cm³/mol. The molecule has 0 aromatic heterocycles. The Balaban J connectivity index is 2.67. The maximum atomic E-state index is 13.3. The number of halogens is 3. The molecule has 0 heterocycles. The second kappa shape index (κ2) is 7.48. The van der Waals surface area contributed by atoms with Gasteiger partial charge in [0.25, 0.3) is 5.91 Å². The second-order valence-electron chi connectivity index (χ2n) is 3.29. The molecule has 1 aromatic rings. The van der Waals surface area contributed by atoms with Crippen molar-refractivity contribution in [2.75, 3.05) is 24.8 Å². The highest BCUT2D eigenvalue weighted by atomic mass is 35.5. The SMILES string of the molecule is O=C(NN(CCCl)CCCl)c1ccccc1F. The second-order valence-corrected chi connectivity index (χ2v) is 4.04. The van der Waals surface area contributed by atoms with E-state index in [-0.39, 0.29) is 5.56 Å². The maximum absolute atomic E-state index is 13.3. The van der Waals surface area contributed by atoms with E-state index in [1.807, 2.05) is 0 Å². The first kappa shape index (κ1) is 14.2. The number of carbonyl (C=O) groups is 1. The summed E-state index contributed by atoms with van der Waals surface area (Å²) < 4.78 is 13.3. The number of hydrazine groups is 1. The summed E-state index contributed by atoms with van der Waals surface area (Å²) in [6.07, 6.45) is 0. The van der Waals surface area contributed by atoms with E-state index in [0.717, 1.165) is 0 Å². The molecule has 94 valence electrons. The van der Waals surface area contributed by atoms with Gasteiger partial charge in [-0.1, -0.05) is 12.1 Å². The van der Waals surface area contributed by atoms with Crippen molar-refractivity contribution in [3.63, 3.8) is 0 Å². The molecular weight excluding hydrogens is 266 g/mol. The highest BCUT2D eigenvalue weighted by Crippen LogP contribution is 2.06. The molecule has 1 amide bonds. The molecule has 0 spiro atoms. The van der Waals surface area contributed by atoms with E-state index in [9.17, 15) is 9.18 Å². The Hall–Kier alpha value is -0.840. The van der Waals surface area contributed by atoms with Crippen LogP contribution in [0.4, 0.5) is 4.39 Å². The lowest BCUT2D eigenvalue weighted by Crippen LogP contribution is -2.44. The van der Waals surface area contributed by atoms with Crippen LogP contribution in [-0.4, -0.2) is 35.8 Å². The molecule has 6 heteroatoms. The Labute approximate surface area is 109 Å². The van der Waals surface area contributed by atoms with Gasteiger partial charge in [-0.3, -0.25) is 10.2 Å². The van der Waals surface area contributed by atoms with E-state index >= 15 is 0 Å². The summed E-state index contributed by atoms with van der Waals surface area (Å²) in [7, 11) is 0. The Kier molecular flexibility index (Phi) is 6.26. The molecule has 1 aromatic carbocycles. The number of benzene rings is 1. The minimum atomic E-state index is -0.554. The molecular formula is C11H13Cl2FN2O. The van der Waals surface area contributed by atoms with Crippen molar-refractivity contribution in [3.05, 3.63) is 35.6 Å². The zero-order chi connectivity index (χ0) is 12.7. The fraction of sp³-hybridized carbons (Fsp3) is 0.364. The van der Waals surface area contributed by atoms with Gasteiger partial charge < -0.3 is 0 Å². The molecule has 3 nitrogen and oxygen atoms in total. The monoisotopic (exact) mass is 278 g/mol. The van der Waals surface area contributed by atoms with E-state index < -0.39 is 11.7 Å². The fourth-order valence-corrected chi connectivity index (χ4v) is 1.68. The summed E-state index contributed by atoms with van der Waals surface area (Å²) in [6.45, 7) is 0.906. The third-order valence-corrected chi connectivity index (χ3v) is 2.43. The van der Waals surface area contributed by atoms with Crippen molar-refractivity contribution in [3.8, 4) is 0 Å². The first-order chi connectivity index (χ1) is 8.19. The smallest absolute Gasteiger partial charge is 0.268 e. The third-order valence-electron chi connectivity index (χ3n) is 2.09. The first-order valence-corrected chi connectivity index (χ1v) is 6.18. The highest BCUT2D eigenvalue weighted by molar-refractivity contribution is 6.18. The summed E-state index contributed by atoms with van der Waals surface area (Å²) in [5.74, 6) is -0.344. The number of nitrogens with zero attached hydrogens (tertiary/aromatic N) is 1. The fourth-order valence-electron chi connectivity index (χ4n) is 1.28. The van der Waals surface area contributed by atoms with Gasteiger partial charge in [0.05, 0.1) is 5.56 Å². The number of hydrogen-bond donors (Lipinski definition) is 1. The predicted octanol–water partition coefficient (Wildman–Crippen LogP) is 2.25. The van der Waals surface area contributed by atoms with Gasteiger partial charge in [-0.25, -0.2) is 9.40 Å². The molecule has 0 aliphatic heterocycles. The van der Waals surface area contributed by atoms with Crippen LogP contribution in [0.3, 0.4) is 0 Å². The van der Waals surface area contributed by atoms with Crippen LogP contribution in [0.2, 0.25) is 0 Å². The average Bonchev–Trinajstić information content (AvgIpc) is 2.30. The van der Waals surface area contributed by atoms with Crippen LogP contribution in [0.5, 0.6) is 0 Å². The standard InChI is InChI=1S/C11H13Cl2FN2O/c12-5-7-16(8-6-13)15-11(17)9-3-1-2-4-10(9)14/h1-4H,5-8H2,(H,15,17). The van der Waals surface area contributed by atoms with Crippen molar-refractivity contribution in [2.24, 2.45) is 0 Å². The molecule has 0 unspecified atom stereocenters. The van der Waals surface area contributed by atoms with Gasteiger partial charge >= 0.3 is 0 Å². The lowest BCUT2D eigenvalue weighted by Gasteiger charge is -2.21. The largest absolute Gasteiger partial charge is 0.285 e. The molecule has 1 rings (SSSR count).